The van der Waals surface area contributed by atoms with Gasteiger partial charge in [-0.1, -0.05) is 11.6 Å². The highest BCUT2D eigenvalue weighted by Gasteiger charge is 2.38. The van der Waals surface area contributed by atoms with Crippen molar-refractivity contribution in [2.45, 2.75) is 0 Å². The van der Waals surface area contributed by atoms with E-state index >= 15 is 0 Å². The summed E-state index contributed by atoms with van der Waals surface area (Å²) >= 11 is 9.37. The summed E-state index contributed by atoms with van der Waals surface area (Å²) < 4.78 is 0.822. The Balaban J connectivity index is 1.77. The van der Waals surface area contributed by atoms with Gasteiger partial charge in [0.2, 0.25) is 0 Å². The molecule has 1 amide bonds. The molecule has 0 aromatic heterocycles. The molecular formula is C13H14BrClN2O. The molecule has 2 fully saturated rings. The minimum Gasteiger partial charge on any atom is -0.338 e. The van der Waals surface area contributed by atoms with E-state index in [1.807, 2.05) is 17.0 Å². The van der Waals surface area contributed by atoms with Crippen molar-refractivity contribution < 1.29 is 4.79 Å². The van der Waals surface area contributed by atoms with Crippen LogP contribution in [0.3, 0.4) is 0 Å². The monoisotopic (exact) mass is 328 g/mol. The molecule has 18 heavy (non-hydrogen) atoms. The Morgan fingerprint density at radius 1 is 1.33 bits per heavy atom. The molecule has 0 bridgehead atoms. The Kier molecular flexibility index (Phi) is 3.34. The highest BCUT2D eigenvalue weighted by molar-refractivity contribution is 9.10. The number of carbonyl (C=O) groups is 1. The lowest BCUT2D eigenvalue weighted by Crippen LogP contribution is -2.31. The van der Waals surface area contributed by atoms with Crippen LogP contribution in [0.15, 0.2) is 22.7 Å². The largest absolute Gasteiger partial charge is 0.338 e. The average molecular weight is 330 g/mol. The van der Waals surface area contributed by atoms with Crippen molar-refractivity contribution in [2.24, 2.45) is 11.8 Å². The van der Waals surface area contributed by atoms with Gasteiger partial charge in [-0.25, -0.2) is 0 Å². The molecule has 0 radical (unpaired) electrons. The smallest absolute Gasteiger partial charge is 0.253 e. The van der Waals surface area contributed by atoms with Crippen LogP contribution in [-0.2, 0) is 0 Å². The van der Waals surface area contributed by atoms with Crippen LogP contribution in [0.25, 0.3) is 0 Å². The first-order valence-corrected chi connectivity index (χ1v) is 7.27. The van der Waals surface area contributed by atoms with Crippen molar-refractivity contribution >= 4 is 33.4 Å². The third-order valence-corrected chi connectivity index (χ3v) is 5.08. The summed E-state index contributed by atoms with van der Waals surface area (Å²) in [6.45, 7) is 3.81. The molecule has 2 aliphatic heterocycles. The maximum atomic E-state index is 12.4. The number of hydrogen-bond acceptors (Lipinski definition) is 2. The van der Waals surface area contributed by atoms with E-state index in [9.17, 15) is 4.79 Å². The zero-order valence-corrected chi connectivity index (χ0v) is 12.2. The van der Waals surface area contributed by atoms with Gasteiger partial charge in [0.15, 0.2) is 0 Å². The summed E-state index contributed by atoms with van der Waals surface area (Å²) in [6.07, 6.45) is 0. The van der Waals surface area contributed by atoms with Gasteiger partial charge in [-0.05, 0) is 46.0 Å². The molecule has 2 atom stereocenters. The van der Waals surface area contributed by atoms with Crippen molar-refractivity contribution in [1.82, 2.24) is 10.2 Å². The number of rotatable bonds is 1. The quantitative estimate of drug-likeness (QED) is 0.858. The van der Waals surface area contributed by atoms with Crippen LogP contribution in [0.1, 0.15) is 10.4 Å². The fraction of sp³-hybridized carbons (Fsp3) is 0.462. The third-order valence-electron chi connectivity index (χ3n) is 3.84. The van der Waals surface area contributed by atoms with E-state index in [0.29, 0.717) is 22.4 Å². The standard InChI is InChI=1S/C13H14BrClN2O/c14-11-2-1-8(3-12(11)15)13(18)17-6-9-4-16-5-10(9)7-17/h1-3,9-10,16H,4-7H2. The normalized spacial score (nSPS) is 26.4. The second-order valence-electron chi connectivity index (χ2n) is 5.02. The zero-order chi connectivity index (χ0) is 12.7. The van der Waals surface area contributed by atoms with E-state index in [-0.39, 0.29) is 5.91 Å². The molecule has 1 N–H and O–H groups in total. The van der Waals surface area contributed by atoms with E-state index in [0.717, 1.165) is 30.7 Å². The molecule has 2 unspecified atom stereocenters. The molecule has 0 aliphatic carbocycles. The summed E-state index contributed by atoms with van der Waals surface area (Å²) in [6, 6.07) is 5.39. The average Bonchev–Trinajstić information content (AvgIpc) is 2.92. The van der Waals surface area contributed by atoms with Gasteiger partial charge < -0.3 is 10.2 Å². The maximum absolute atomic E-state index is 12.4. The van der Waals surface area contributed by atoms with Gasteiger partial charge >= 0.3 is 0 Å². The molecule has 0 saturated carbocycles. The van der Waals surface area contributed by atoms with Crippen LogP contribution in [0, 0.1) is 11.8 Å². The molecule has 0 spiro atoms. The number of nitrogens with one attached hydrogen (secondary N) is 1. The van der Waals surface area contributed by atoms with Gasteiger partial charge in [-0.3, -0.25) is 4.79 Å². The van der Waals surface area contributed by atoms with Crippen molar-refractivity contribution in [1.29, 1.82) is 0 Å². The second kappa shape index (κ2) is 4.83. The zero-order valence-electron chi connectivity index (χ0n) is 9.83. The summed E-state index contributed by atoms with van der Waals surface area (Å²) in [5.74, 6) is 1.35. The third kappa shape index (κ3) is 2.17. The number of carbonyl (C=O) groups excluding carboxylic acids is 1. The Bertz CT molecular complexity index is 482. The van der Waals surface area contributed by atoms with Crippen LogP contribution >= 0.6 is 27.5 Å². The van der Waals surface area contributed by atoms with Gasteiger partial charge in [0.25, 0.3) is 5.91 Å². The van der Waals surface area contributed by atoms with Crippen molar-refractivity contribution in [3.8, 4) is 0 Å². The van der Waals surface area contributed by atoms with Crippen LogP contribution in [-0.4, -0.2) is 37.0 Å². The molecule has 1 aromatic rings. The molecule has 3 rings (SSSR count). The predicted molar refractivity (Wildman–Crippen MR) is 74.9 cm³/mol. The summed E-state index contributed by atoms with van der Waals surface area (Å²) in [7, 11) is 0. The van der Waals surface area contributed by atoms with Crippen LogP contribution < -0.4 is 5.32 Å². The number of amides is 1. The highest BCUT2D eigenvalue weighted by atomic mass is 79.9. The first kappa shape index (κ1) is 12.5. The summed E-state index contributed by atoms with van der Waals surface area (Å²) in [5, 5.41) is 3.96. The first-order valence-electron chi connectivity index (χ1n) is 6.10. The van der Waals surface area contributed by atoms with Gasteiger partial charge in [0.1, 0.15) is 0 Å². The fourth-order valence-electron chi connectivity index (χ4n) is 2.83. The summed E-state index contributed by atoms with van der Waals surface area (Å²) in [5.41, 5.74) is 0.677. The number of halogens is 2. The fourth-order valence-corrected chi connectivity index (χ4v) is 3.26. The van der Waals surface area contributed by atoms with Gasteiger partial charge in [-0.2, -0.15) is 0 Å². The molecule has 5 heteroatoms. The summed E-state index contributed by atoms with van der Waals surface area (Å²) in [4.78, 5) is 14.3. The molecular weight excluding hydrogens is 316 g/mol. The van der Waals surface area contributed by atoms with Gasteiger partial charge in [-0.15, -0.1) is 0 Å². The van der Waals surface area contributed by atoms with E-state index in [2.05, 4.69) is 21.2 Å². The van der Waals surface area contributed by atoms with Gasteiger partial charge in [0, 0.05) is 36.2 Å². The first-order chi connectivity index (χ1) is 8.65. The van der Waals surface area contributed by atoms with E-state index in [4.69, 9.17) is 11.6 Å². The second-order valence-corrected chi connectivity index (χ2v) is 6.28. The van der Waals surface area contributed by atoms with Crippen molar-refractivity contribution in [3.63, 3.8) is 0 Å². The SMILES string of the molecule is O=C(c1ccc(Br)c(Cl)c1)N1CC2CNCC2C1. The maximum Gasteiger partial charge on any atom is 0.253 e. The van der Waals surface area contributed by atoms with Crippen LogP contribution in [0.2, 0.25) is 5.02 Å². The number of hydrogen-bond donors (Lipinski definition) is 1. The van der Waals surface area contributed by atoms with Crippen molar-refractivity contribution in [3.05, 3.63) is 33.3 Å². The lowest BCUT2D eigenvalue weighted by atomic mass is 10.0. The Morgan fingerprint density at radius 3 is 2.61 bits per heavy atom. The lowest BCUT2D eigenvalue weighted by molar-refractivity contribution is 0.0781. The lowest BCUT2D eigenvalue weighted by Gasteiger charge is -2.17. The van der Waals surface area contributed by atoms with Gasteiger partial charge in [0.05, 0.1) is 5.02 Å². The van der Waals surface area contributed by atoms with E-state index in [1.165, 1.54) is 0 Å². The molecule has 2 saturated heterocycles. The molecule has 1 aromatic carbocycles. The Labute approximate surface area is 120 Å². The van der Waals surface area contributed by atoms with E-state index in [1.54, 1.807) is 6.07 Å². The van der Waals surface area contributed by atoms with Crippen LogP contribution in [0.4, 0.5) is 0 Å². The predicted octanol–water partition coefficient (Wildman–Crippen LogP) is 2.39. The Morgan fingerprint density at radius 2 is 2.00 bits per heavy atom. The highest BCUT2D eigenvalue weighted by Crippen LogP contribution is 2.29. The molecule has 96 valence electrons. The molecule has 2 heterocycles. The Hall–Kier alpha value is -0.580. The molecule has 2 aliphatic rings. The van der Waals surface area contributed by atoms with E-state index < -0.39 is 0 Å². The van der Waals surface area contributed by atoms with Crippen LogP contribution in [0.5, 0.6) is 0 Å². The minimum atomic E-state index is 0.0961. The number of benzene rings is 1. The number of fused-ring (bicyclic) bond motifs is 1. The minimum absolute atomic E-state index is 0.0961. The topological polar surface area (TPSA) is 32.3 Å². The number of nitrogens with zero attached hydrogens (tertiary/aromatic N) is 1. The van der Waals surface area contributed by atoms with Crippen molar-refractivity contribution in [2.75, 3.05) is 26.2 Å². The number of likely N-dealkylation sites (tertiary alicyclic amines) is 1. The molecule has 3 nitrogen and oxygen atoms in total.